The van der Waals surface area contributed by atoms with Crippen molar-refractivity contribution >= 4 is 15.9 Å². The Morgan fingerprint density at radius 1 is 2.00 bits per heavy atom. The lowest BCUT2D eigenvalue weighted by molar-refractivity contribution is -0.492. The molecule has 0 heterocycles. The number of nitro groups is 1. The van der Waals surface area contributed by atoms with Crippen molar-refractivity contribution in [3.05, 3.63) is 10.1 Å². The molecule has 0 spiro atoms. The predicted octanol–water partition coefficient (Wildman–Crippen LogP) is 1.39. The van der Waals surface area contributed by atoms with Crippen LogP contribution in [0.3, 0.4) is 0 Å². The van der Waals surface area contributed by atoms with E-state index in [1.807, 2.05) is 0 Å². The van der Waals surface area contributed by atoms with Gasteiger partial charge in [0.2, 0.25) is 0 Å². The van der Waals surface area contributed by atoms with Crippen molar-refractivity contribution in [1.82, 2.24) is 0 Å². The predicted molar refractivity (Wildman–Crippen MR) is 30.0 cm³/mol. The maximum Gasteiger partial charge on any atom is 0.265 e. The van der Waals surface area contributed by atoms with Gasteiger partial charge in [-0.25, -0.2) is 0 Å². The molecule has 0 aromatic heterocycles. The molecular formula is C3H6BrNO2. The smallest absolute Gasteiger partial charge is 0.263 e. The molecule has 0 N–H and O–H groups in total. The van der Waals surface area contributed by atoms with E-state index in [9.17, 15) is 10.1 Å². The van der Waals surface area contributed by atoms with Gasteiger partial charge in [-0.3, -0.25) is 10.1 Å². The first-order valence-electron chi connectivity index (χ1n) is 1.96. The molecule has 0 fully saturated rings. The van der Waals surface area contributed by atoms with Crippen LogP contribution in [0.5, 0.6) is 0 Å². The van der Waals surface area contributed by atoms with Crippen LogP contribution in [0.2, 0.25) is 0 Å². The normalized spacial score (nSPS) is 13.4. The van der Waals surface area contributed by atoms with E-state index in [0.717, 1.165) is 0 Å². The van der Waals surface area contributed by atoms with Gasteiger partial charge >= 0.3 is 0 Å². The lowest BCUT2D eigenvalue weighted by atomic mass is 10.5. The second-order valence-corrected chi connectivity index (χ2v) is 2.19. The van der Waals surface area contributed by atoms with Crippen LogP contribution < -0.4 is 0 Å². The third kappa shape index (κ3) is 2.56. The van der Waals surface area contributed by atoms with Crippen LogP contribution in [-0.2, 0) is 0 Å². The Kier molecular flexibility index (Phi) is 2.91. The van der Waals surface area contributed by atoms with Gasteiger partial charge < -0.3 is 0 Å². The highest BCUT2D eigenvalue weighted by molar-refractivity contribution is 9.09. The molecule has 0 bridgehead atoms. The van der Waals surface area contributed by atoms with Gasteiger partial charge in [0.1, 0.15) is 0 Å². The molecule has 0 unspecified atom stereocenters. The van der Waals surface area contributed by atoms with Crippen molar-refractivity contribution in [3.63, 3.8) is 0 Å². The maximum absolute atomic E-state index is 9.69. The molecule has 0 aliphatic heterocycles. The van der Waals surface area contributed by atoms with Crippen molar-refractivity contribution in [2.45, 2.75) is 18.3 Å². The minimum absolute atomic E-state index is 0.361. The molecule has 42 valence electrons. The van der Waals surface area contributed by atoms with Crippen molar-refractivity contribution in [2.75, 3.05) is 0 Å². The van der Waals surface area contributed by atoms with Crippen molar-refractivity contribution in [1.29, 1.82) is 0 Å². The zero-order chi connectivity index (χ0) is 5.86. The van der Waals surface area contributed by atoms with E-state index in [2.05, 4.69) is 15.9 Å². The summed E-state index contributed by atoms with van der Waals surface area (Å²) in [4.78, 5) is 8.77. The fourth-order valence-corrected chi connectivity index (χ4v) is 0.149. The number of hydrogen-bond donors (Lipinski definition) is 0. The Labute approximate surface area is 50.0 Å². The number of nitrogens with zero attached hydrogens (tertiary/aromatic N) is 1. The van der Waals surface area contributed by atoms with Gasteiger partial charge in [0, 0.05) is 11.3 Å². The Morgan fingerprint density at radius 3 is 2.43 bits per heavy atom. The standard InChI is InChI=1S/C3H6BrNO2/c1-2-3(4)5(6)7/h3H,2H2,1H3/t3-/m1/s1. The van der Waals surface area contributed by atoms with Crippen LogP contribution in [0.1, 0.15) is 13.3 Å². The number of rotatable bonds is 2. The van der Waals surface area contributed by atoms with Crippen LogP contribution in [0, 0.1) is 10.1 Å². The maximum atomic E-state index is 9.69. The molecule has 0 radical (unpaired) electrons. The Bertz CT molecular complexity index is 75.3. The molecule has 0 saturated heterocycles. The second kappa shape index (κ2) is 2.96. The third-order valence-corrected chi connectivity index (χ3v) is 1.55. The molecule has 0 amide bonds. The first kappa shape index (κ1) is 6.88. The van der Waals surface area contributed by atoms with Gasteiger partial charge in [0.15, 0.2) is 0 Å². The third-order valence-electron chi connectivity index (χ3n) is 0.566. The van der Waals surface area contributed by atoms with E-state index in [1.54, 1.807) is 6.92 Å². The monoisotopic (exact) mass is 167 g/mol. The molecular weight excluding hydrogens is 162 g/mol. The van der Waals surface area contributed by atoms with E-state index in [0.29, 0.717) is 6.42 Å². The van der Waals surface area contributed by atoms with E-state index in [4.69, 9.17) is 0 Å². The van der Waals surface area contributed by atoms with E-state index in [1.165, 1.54) is 0 Å². The molecule has 4 heteroatoms. The average molecular weight is 168 g/mol. The number of alkyl halides is 1. The van der Waals surface area contributed by atoms with E-state index >= 15 is 0 Å². The highest BCUT2D eigenvalue weighted by atomic mass is 79.9. The van der Waals surface area contributed by atoms with Crippen LogP contribution in [0.15, 0.2) is 0 Å². The molecule has 0 aliphatic carbocycles. The topological polar surface area (TPSA) is 43.1 Å². The van der Waals surface area contributed by atoms with Crippen LogP contribution in [-0.4, -0.2) is 9.87 Å². The summed E-state index contributed by atoms with van der Waals surface area (Å²) in [5, 5.41) is 9.69. The molecule has 1 atom stereocenters. The summed E-state index contributed by atoms with van der Waals surface area (Å²) in [6, 6.07) is 0. The van der Waals surface area contributed by atoms with Gasteiger partial charge in [-0.05, 0) is 15.9 Å². The van der Waals surface area contributed by atoms with Gasteiger partial charge in [-0.15, -0.1) is 0 Å². The Balaban J connectivity index is 3.34. The highest BCUT2D eigenvalue weighted by Gasteiger charge is 2.08. The molecule has 0 saturated carbocycles. The lowest BCUT2D eigenvalue weighted by Crippen LogP contribution is -2.08. The second-order valence-electron chi connectivity index (χ2n) is 1.13. The zero-order valence-corrected chi connectivity index (χ0v) is 5.51. The summed E-state index contributed by atoms with van der Waals surface area (Å²) < 4.78 is 0. The lowest BCUT2D eigenvalue weighted by Gasteiger charge is -1.92. The molecule has 7 heavy (non-hydrogen) atoms. The SMILES string of the molecule is CC[C@H](Br)[N+](=O)[O-]. The highest BCUT2D eigenvalue weighted by Crippen LogP contribution is 2.02. The fraction of sp³-hybridized carbons (Fsp3) is 1.00. The fourth-order valence-electron chi connectivity index (χ4n) is 0.149. The molecule has 0 aromatic carbocycles. The first-order chi connectivity index (χ1) is 3.18. The summed E-state index contributed by atoms with van der Waals surface area (Å²) in [6.45, 7) is 1.75. The summed E-state index contributed by atoms with van der Waals surface area (Å²) >= 11 is 2.84. The summed E-state index contributed by atoms with van der Waals surface area (Å²) in [5.41, 5.74) is 0. The number of halogens is 1. The van der Waals surface area contributed by atoms with Gasteiger partial charge in [-0.1, -0.05) is 6.92 Å². The zero-order valence-electron chi connectivity index (χ0n) is 3.93. The van der Waals surface area contributed by atoms with Crippen molar-refractivity contribution in [3.8, 4) is 0 Å². The molecule has 0 rings (SSSR count). The molecule has 3 nitrogen and oxygen atoms in total. The first-order valence-corrected chi connectivity index (χ1v) is 2.87. The van der Waals surface area contributed by atoms with E-state index < -0.39 is 4.95 Å². The Morgan fingerprint density at radius 2 is 2.43 bits per heavy atom. The Hall–Kier alpha value is -0.120. The number of hydrogen-bond acceptors (Lipinski definition) is 2. The van der Waals surface area contributed by atoms with Crippen molar-refractivity contribution in [2.24, 2.45) is 0 Å². The van der Waals surface area contributed by atoms with Crippen molar-refractivity contribution < 1.29 is 4.92 Å². The quantitative estimate of drug-likeness (QED) is 0.270. The van der Waals surface area contributed by atoms with Gasteiger partial charge in [-0.2, -0.15) is 0 Å². The summed E-state index contributed by atoms with van der Waals surface area (Å²) in [7, 11) is 0. The molecule has 0 aliphatic rings. The van der Waals surface area contributed by atoms with Gasteiger partial charge in [0.05, 0.1) is 0 Å². The largest absolute Gasteiger partial charge is 0.265 e. The minimum atomic E-state index is -0.563. The average Bonchev–Trinajstić information content (AvgIpc) is 1.65. The van der Waals surface area contributed by atoms with Crippen LogP contribution in [0.25, 0.3) is 0 Å². The van der Waals surface area contributed by atoms with Crippen LogP contribution in [0.4, 0.5) is 0 Å². The minimum Gasteiger partial charge on any atom is -0.263 e. The van der Waals surface area contributed by atoms with Crippen LogP contribution >= 0.6 is 15.9 Å². The summed E-state index contributed by atoms with van der Waals surface area (Å²) in [6.07, 6.45) is 0.535. The van der Waals surface area contributed by atoms with Gasteiger partial charge in [0.25, 0.3) is 4.95 Å². The van der Waals surface area contributed by atoms with E-state index in [-0.39, 0.29) is 4.92 Å². The molecule has 0 aromatic rings. The summed E-state index contributed by atoms with van der Waals surface area (Å²) in [5.74, 6) is 0.